The van der Waals surface area contributed by atoms with Gasteiger partial charge in [0.15, 0.2) is 0 Å². The van der Waals surface area contributed by atoms with Crippen molar-refractivity contribution < 1.29 is 4.39 Å². The topological polar surface area (TPSA) is 4.93 Å². The first kappa shape index (κ1) is 11.2. The Morgan fingerprint density at radius 3 is 2.62 bits per heavy atom. The van der Waals surface area contributed by atoms with Gasteiger partial charge in [0, 0.05) is 12.2 Å². The van der Waals surface area contributed by atoms with Crippen LogP contribution >= 0.6 is 11.6 Å². The van der Waals surface area contributed by atoms with Crippen molar-refractivity contribution in [3.63, 3.8) is 0 Å². The lowest BCUT2D eigenvalue weighted by Crippen LogP contribution is -2.00. The molecule has 84 valence electrons. The summed E-state index contributed by atoms with van der Waals surface area (Å²) in [5.74, 6) is -0.277. The van der Waals surface area contributed by atoms with E-state index in [2.05, 4.69) is 0 Å². The van der Waals surface area contributed by atoms with E-state index < -0.39 is 0 Å². The van der Waals surface area contributed by atoms with Crippen molar-refractivity contribution in [1.82, 2.24) is 4.57 Å². The van der Waals surface area contributed by atoms with E-state index >= 15 is 0 Å². The van der Waals surface area contributed by atoms with Crippen molar-refractivity contribution in [2.75, 3.05) is 0 Å². The molecule has 1 heterocycles. The van der Waals surface area contributed by atoms with Crippen LogP contribution in [0.2, 0.25) is 5.02 Å². The van der Waals surface area contributed by atoms with Gasteiger partial charge in [0.25, 0.3) is 0 Å². The summed E-state index contributed by atoms with van der Waals surface area (Å²) in [6.45, 7) is 4.84. The van der Waals surface area contributed by atoms with Crippen LogP contribution in [0.25, 0.3) is 11.3 Å². The highest BCUT2D eigenvalue weighted by Crippen LogP contribution is 2.31. The van der Waals surface area contributed by atoms with Crippen LogP contribution in [0.3, 0.4) is 0 Å². The second-order valence-corrected chi connectivity index (χ2v) is 4.11. The van der Waals surface area contributed by atoms with E-state index in [0.29, 0.717) is 10.6 Å². The van der Waals surface area contributed by atoms with Gasteiger partial charge in [-0.1, -0.05) is 17.7 Å². The van der Waals surface area contributed by atoms with E-state index in [4.69, 9.17) is 11.6 Å². The molecule has 1 nitrogen and oxygen atoms in total. The first-order valence-corrected chi connectivity index (χ1v) is 5.63. The van der Waals surface area contributed by atoms with Gasteiger partial charge in [0.2, 0.25) is 0 Å². The first-order valence-electron chi connectivity index (χ1n) is 5.25. The second-order valence-electron chi connectivity index (χ2n) is 3.70. The summed E-state index contributed by atoms with van der Waals surface area (Å²) in [7, 11) is 0. The monoisotopic (exact) mass is 237 g/mol. The van der Waals surface area contributed by atoms with Crippen LogP contribution in [0.4, 0.5) is 4.39 Å². The molecule has 0 aliphatic rings. The summed E-state index contributed by atoms with van der Waals surface area (Å²) in [6, 6.07) is 8.64. The van der Waals surface area contributed by atoms with Crippen molar-refractivity contribution in [1.29, 1.82) is 0 Å². The molecule has 0 aliphatic heterocycles. The van der Waals surface area contributed by atoms with E-state index in [1.54, 1.807) is 12.1 Å². The zero-order valence-electron chi connectivity index (χ0n) is 9.30. The van der Waals surface area contributed by atoms with E-state index in [-0.39, 0.29) is 5.82 Å². The fourth-order valence-corrected chi connectivity index (χ4v) is 2.21. The molecule has 1 aromatic carbocycles. The van der Waals surface area contributed by atoms with E-state index in [9.17, 15) is 4.39 Å². The lowest BCUT2D eigenvalue weighted by atomic mass is 10.1. The molecule has 2 rings (SSSR count). The molecule has 0 radical (unpaired) electrons. The van der Waals surface area contributed by atoms with E-state index in [1.165, 1.54) is 6.07 Å². The maximum Gasteiger partial charge on any atom is 0.134 e. The van der Waals surface area contributed by atoms with Gasteiger partial charge in [-0.05, 0) is 38.1 Å². The summed E-state index contributed by atoms with van der Waals surface area (Å²) >= 11 is 6.05. The molecule has 0 bridgehead atoms. The van der Waals surface area contributed by atoms with Gasteiger partial charge in [0.1, 0.15) is 5.82 Å². The fraction of sp³-hybridized carbons (Fsp3) is 0.231. The van der Waals surface area contributed by atoms with Gasteiger partial charge >= 0.3 is 0 Å². The number of rotatable bonds is 2. The van der Waals surface area contributed by atoms with Crippen molar-refractivity contribution in [2.24, 2.45) is 0 Å². The van der Waals surface area contributed by atoms with Crippen LogP contribution in [0.15, 0.2) is 30.3 Å². The lowest BCUT2D eigenvalue weighted by Gasteiger charge is -2.11. The van der Waals surface area contributed by atoms with Crippen LogP contribution in [0.5, 0.6) is 0 Å². The molecule has 1 aromatic heterocycles. The number of benzene rings is 1. The first-order chi connectivity index (χ1) is 7.65. The van der Waals surface area contributed by atoms with Gasteiger partial charge in [-0.15, -0.1) is 0 Å². The third-order valence-corrected chi connectivity index (χ3v) is 3.05. The summed E-state index contributed by atoms with van der Waals surface area (Å²) in [5, 5.41) is 0.452. The minimum Gasteiger partial charge on any atom is -0.345 e. The highest BCUT2D eigenvalue weighted by atomic mass is 35.5. The number of halogens is 2. The third-order valence-electron chi connectivity index (χ3n) is 2.73. The molecular formula is C13H13ClFN. The van der Waals surface area contributed by atoms with Crippen molar-refractivity contribution >= 4 is 11.6 Å². The quantitative estimate of drug-likeness (QED) is 0.735. The third kappa shape index (κ3) is 1.74. The van der Waals surface area contributed by atoms with Crippen molar-refractivity contribution in [3.05, 3.63) is 46.9 Å². The molecule has 0 aliphatic carbocycles. The Labute approximate surface area is 99.5 Å². The highest BCUT2D eigenvalue weighted by Gasteiger charge is 2.13. The Hall–Kier alpha value is -1.28. The average Bonchev–Trinajstić information content (AvgIpc) is 2.59. The minimum absolute atomic E-state index is 0.277. The van der Waals surface area contributed by atoms with Gasteiger partial charge < -0.3 is 4.57 Å². The van der Waals surface area contributed by atoms with Crippen molar-refractivity contribution in [3.8, 4) is 11.3 Å². The summed E-state index contributed by atoms with van der Waals surface area (Å²) in [4.78, 5) is 0. The molecular weight excluding hydrogens is 225 g/mol. The highest BCUT2D eigenvalue weighted by molar-refractivity contribution is 6.33. The Morgan fingerprint density at radius 1 is 1.25 bits per heavy atom. The molecule has 0 N–H and O–H groups in total. The van der Waals surface area contributed by atoms with Crippen LogP contribution in [0, 0.1) is 12.7 Å². The van der Waals surface area contributed by atoms with Gasteiger partial charge in [0.05, 0.1) is 16.3 Å². The van der Waals surface area contributed by atoms with Crippen LogP contribution in [-0.4, -0.2) is 4.57 Å². The maximum atomic E-state index is 13.8. The Morgan fingerprint density at radius 2 is 2.00 bits per heavy atom. The fourth-order valence-electron chi connectivity index (χ4n) is 1.95. The van der Waals surface area contributed by atoms with Gasteiger partial charge in [-0.3, -0.25) is 0 Å². The standard InChI is InChI=1S/C13H13ClFN/c1-3-16-9(2)7-8-12(16)13-10(14)5-4-6-11(13)15/h4-8H,3H2,1-2H3. The predicted molar refractivity (Wildman–Crippen MR) is 65.2 cm³/mol. The number of hydrogen-bond donors (Lipinski definition) is 0. The zero-order chi connectivity index (χ0) is 11.7. The molecule has 16 heavy (non-hydrogen) atoms. The van der Waals surface area contributed by atoms with Crippen molar-refractivity contribution in [2.45, 2.75) is 20.4 Å². The second kappa shape index (κ2) is 4.30. The molecule has 0 amide bonds. The SMILES string of the molecule is CCn1c(C)ccc1-c1c(F)cccc1Cl. The molecule has 0 atom stereocenters. The number of nitrogens with zero attached hydrogens (tertiary/aromatic N) is 1. The molecule has 0 fully saturated rings. The smallest absolute Gasteiger partial charge is 0.134 e. The van der Waals surface area contributed by atoms with Gasteiger partial charge in [-0.25, -0.2) is 4.39 Å². The maximum absolute atomic E-state index is 13.8. The summed E-state index contributed by atoms with van der Waals surface area (Å²) in [5.41, 5.74) is 2.43. The Balaban J connectivity index is 2.67. The van der Waals surface area contributed by atoms with Crippen LogP contribution in [-0.2, 0) is 6.54 Å². The predicted octanol–water partition coefficient (Wildman–Crippen LogP) is 4.28. The molecule has 0 spiro atoms. The summed E-state index contributed by atoms with van der Waals surface area (Å²) < 4.78 is 15.8. The summed E-state index contributed by atoms with van der Waals surface area (Å²) in [6.07, 6.45) is 0. The van der Waals surface area contributed by atoms with E-state index in [0.717, 1.165) is 17.9 Å². The van der Waals surface area contributed by atoms with Crippen LogP contribution < -0.4 is 0 Å². The Bertz CT molecular complexity index is 496. The molecule has 2 aromatic rings. The van der Waals surface area contributed by atoms with E-state index in [1.807, 2.05) is 30.5 Å². The minimum atomic E-state index is -0.277. The number of aryl methyl sites for hydroxylation is 1. The molecule has 0 saturated heterocycles. The largest absolute Gasteiger partial charge is 0.345 e. The number of aromatic nitrogens is 1. The molecule has 0 saturated carbocycles. The van der Waals surface area contributed by atoms with Crippen LogP contribution in [0.1, 0.15) is 12.6 Å². The normalized spacial score (nSPS) is 10.8. The van der Waals surface area contributed by atoms with Gasteiger partial charge in [-0.2, -0.15) is 0 Å². The Kier molecular flexibility index (Phi) is 3.01. The average molecular weight is 238 g/mol. The zero-order valence-corrected chi connectivity index (χ0v) is 10.1. The lowest BCUT2D eigenvalue weighted by molar-refractivity contribution is 0.628. The number of hydrogen-bond acceptors (Lipinski definition) is 0. The molecule has 3 heteroatoms. The molecule has 0 unspecified atom stereocenters.